The summed E-state index contributed by atoms with van der Waals surface area (Å²) in [5.74, 6) is 0.623. The van der Waals surface area contributed by atoms with Crippen molar-refractivity contribution in [3.8, 4) is 0 Å². The summed E-state index contributed by atoms with van der Waals surface area (Å²) in [7, 11) is 0. The van der Waals surface area contributed by atoms with Gasteiger partial charge in [-0.3, -0.25) is 0 Å². The zero-order chi connectivity index (χ0) is 9.97. The number of rotatable bonds is 3. The summed E-state index contributed by atoms with van der Waals surface area (Å²) >= 11 is 0. The second kappa shape index (κ2) is 3.70. The highest BCUT2D eigenvalue weighted by Crippen LogP contribution is 2.19. The lowest BCUT2D eigenvalue weighted by molar-refractivity contribution is 0.650. The highest BCUT2D eigenvalue weighted by atomic mass is 15.0. The first-order chi connectivity index (χ1) is 6.83. The molecule has 0 aromatic carbocycles. The van der Waals surface area contributed by atoms with Gasteiger partial charge in [0.15, 0.2) is 0 Å². The summed E-state index contributed by atoms with van der Waals surface area (Å²) in [4.78, 5) is 4.07. The number of unbranched alkanes of at least 4 members (excludes halogenated alkanes) is 1. The van der Waals surface area contributed by atoms with Crippen molar-refractivity contribution in [3.63, 3.8) is 0 Å². The number of aromatic nitrogens is 2. The van der Waals surface area contributed by atoms with Gasteiger partial charge in [-0.05, 0) is 18.6 Å². The molecule has 2 rings (SSSR count). The Kier molecular flexibility index (Phi) is 2.39. The van der Waals surface area contributed by atoms with Crippen molar-refractivity contribution in [2.24, 2.45) is 0 Å². The van der Waals surface area contributed by atoms with Crippen molar-refractivity contribution in [3.05, 3.63) is 24.5 Å². The van der Waals surface area contributed by atoms with E-state index in [0.29, 0.717) is 5.82 Å². The fourth-order valence-corrected chi connectivity index (χ4v) is 1.67. The van der Waals surface area contributed by atoms with E-state index in [1.807, 2.05) is 12.1 Å². The van der Waals surface area contributed by atoms with Crippen LogP contribution in [0, 0.1) is 0 Å². The third kappa shape index (κ3) is 1.45. The average Bonchev–Trinajstić information content (AvgIpc) is 2.60. The third-order valence-electron chi connectivity index (χ3n) is 2.48. The first-order valence-corrected chi connectivity index (χ1v) is 5.02. The maximum absolute atomic E-state index is 5.77. The quantitative estimate of drug-likeness (QED) is 0.805. The topological polar surface area (TPSA) is 43.8 Å². The van der Waals surface area contributed by atoms with Gasteiger partial charge < -0.3 is 10.3 Å². The van der Waals surface area contributed by atoms with E-state index in [2.05, 4.69) is 22.7 Å². The van der Waals surface area contributed by atoms with Crippen LogP contribution in [-0.2, 0) is 6.54 Å². The molecule has 2 aromatic heterocycles. The second-order valence-corrected chi connectivity index (χ2v) is 3.49. The monoisotopic (exact) mass is 189 g/mol. The molecule has 0 saturated heterocycles. The van der Waals surface area contributed by atoms with Gasteiger partial charge in [0.25, 0.3) is 0 Å². The minimum atomic E-state index is 0.623. The number of pyridine rings is 1. The molecule has 0 atom stereocenters. The Morgan fingerprint density at radius 1 is 1.43 bits per heavy atom. The summed E-state index contributed by atoms with van der Waals surface area (Å²) in [6.45, 7) is 3.26. The molecule has 0 aliphatic rings. The summed E-state index contributed by atoms with van der Waals surface area (Å²) in [5, 5.41) is 1.06. The van der Waals surface area contributed by atoms with Gasteiger partial charge >= 0.3 is 0 Å². The number of aryl methyl sites for hydroxylation is 1. The van der Waals surface area contributed by atoms with Crippen LogP contribution in [0.4, 0.5) is 5.82 Å². The largest absolute Gasteiger partial charge is 0.383 e. The predicted octanol–water partition coefficient (Wildman–Crippen LogP) is 2.42. The van der Waals surface area contributed by atoms with Gasteiger partial charge in [-0.2, -0.15) is 0 Å². The molecule has 2 N–H and O–H groups in total. The first-order valence-electron chi connectivity index (χ1n) is 5.02. The number of nitrogens with two attached hydrogens (primary N) is 1. The number of nitrogen functional groups attached to an aromatic ring is 1. The number of nitrogens with zero attached hydrogens (tertiary/aromatic N) is 2. The van der Waals surface area contributed by atoms with E-state index in [-0.39, 0.29) is 0 Å². The average molecular weight is 189 g/mol. The number of hydrogen-bond acceptors (Lipinski definition) is 2. The zero-order valence-electron chi connectivity index (χ0n) is 8.40. The van der Waals surface area contributed by atoms with Gasteiger partial charge in [-0.1, -0.05) is 13.3 Å². The van der Waals surface area contributed by atoms with Gasteiger partial charge in [-0.15, -0.1) is 0 Å². The highest BCUT2D eigenvalue weighted by Gasteiger charge is 2.02. The minimum absolute atomic E-state index is 0.623. The van der Waals surface area contributed by atoms with Crippen LogP contribution in [0.25, 0.3) is 10.9 Å². The van der Waals surface area contributed by atoms with Crippen LogP contribution >= 0.6 is 0 Å². The minimum Gasteiger partial charge on any atom is -0.383 e. The Labute approximate surface area is 83.6 Å². The highest BCUT2D eigenvalue weighted by molar-refractivity contribution is 5.88. The maximum Gasteiger partial charge on any atom is 0.132 e. The Hall–Kier alpha value is -1.51. The van der Waals surface area contributed by atoms with Crippen LogP contribution in [0.5, 0.6) is 0 Å². The van der Waals surface area contributed by atoms with Crippen LogP contribution < -0.4 is 5.73 Å². The van der Waals surface area contributed by atoms with Crippen LogP contribution in [0.15, 0.2) is 24.5 Å². The van der Waals surface area contributed by atoms with Gasteiger partial charge in [-0.25, -0.2) is 4.98 Å². The molecule has 2 heterocycles. The molecular formula is C11H15N3. The van der Waals surface area contributed by atoms with Crippen LogP contribution in [0.3, 0.4) is 0 Å². The molecule has 0 radical (unpaired) electrons. The van der Waals surface area contributed by atoms with E-state index in [4.69, 9.17) is 5.73 Å². The lowest BCUT2D eigenvalue weighted by Gasteiger charge is -2.03. The molecule has 14 heavy (non-hydrogen) atoms. The lowest BCUT2D eigenvalue weighted by atomic mass is 10.3. The van der Waals surface area contributed by atoms with Crippen molar-refractivity contribution < 1.29 is 0 Å². The molecule has 0 aliphatic carbocycles. The van der Waals surface area contributed by atoms with Gasteiger partial charge in [0.1, 0.15) is 5.82 Å². The first kappa shape index (κ1) is 9.06. The molecule has 0 amide bonds. The maximum atomic E-state index is 5.77. The Bertz CT molecular complexity index is 431. The summed E-state index contributed by atoms with van der Waals surface area (Å²) in [6.07, 6.45) is 6.25. The summed E-state index contributed by atoms with van der Waals surface area (Å²) in [6, 6.07) is 4.05. The van der Waals surface area contributed by atoms with Crippen LogP contribution in [-0.4, -0.2) is 9.55 Å². The Balaban J connectivity index is 2.42. The van der Waals surface area contributed by atoms with Crippen LogP contribution in [0.1, 0.15) is 19.8 Å². The van der Waals surface area contributed by atoms with Gasteiger partial charge in [0.2, 0.25) is 0 Å². The smallest absolute Gasteiger partial charge is 0.132 e. The predicted molar refractivity (Wildman–Crippen MR) is 59.1 cm³/mol. The van der Waals surface area contributed by atoms with Crippen molar-refractivity contribution in [1.82, 2.24) is 9.55 Å². The molecule has 0 saturated carbocycles. The van der Waals surface area contributed by atoms with Gasteiger partial charge in [0, 0.05) is 24.3 Å². The normalized spacial score (nSPS) is 10.9. The van der Waals surface area contributed by atoms with Crippen molar-refractivity contribution >= 4 is 16.7 Å². The molecule has 3 nitrogen and oxygen atoms in total. The number of hydrogen-bond donors (Lipinski definition) is 1. The molecule has 0 aliphatic heterocycles. The SMILES string of the molecule is CCCCn1ccc2c(N)nccc21. The number of fused-ring (bicyclic) bond motifs is 1. The standard InChI is InChI=1S/C11H15N3/c1-2-3-7-14-8-5-9-10(14)4-6-13-11(9)12/h4-6,8H,2-3,7H2,1H3,(H2,12,13). The van der Waals surface area contributed by atoms with E-state index in [9.17, 15) is 0 Å². The molecule has 0 spiro atoms. The lowest BCUT2D eigenvalue weighted by Crippen LogP contribution is -1.96. The molecule has 0 fully saturated rings. The second-order valence-electron chi connectivity index (χ2n) is 3.49. The molecule has 0 bridgehead atoms. The van der Waals surface area contributed by atoms with Gasteiger partial charge in [0.05, 0.1) is 5.52 Å². The Morgan fingerprint density at radius 3 is 3.07 bits per heavy atom. The number of anilines is 1. The fourth-order valence-electron chi connectivity index (χ4n) is 1.67. The molecular weight excluding hydrogens is 174 g/mol. The Morgan fingerprint density at radius 2 is 2.29 bits per heavy atom. The van der Waals surface area contributed by atoms with E-state index in [0.717, 1.165) is 11.9 Å². The molecule has 74 valence electrons. The summed E-state index contributed by atoms with van der Waals surface area (Å²) in [5.41, 5.74) is 6.96. The molecule has 3 heteroatoms. The third-order valence-corrected chi connectivity index (χ3v) is 2.48. The molecule has 0 unspecified atom stereocenters. The summed E-state index contributed by atoms with van der Waals surface area (Å²) < 4.78 is 2.23. The van der Waals surface area contributed by atoms with Crippen molar-refractivity contribution in [2.75, 3.05) is 5.73 Å². The van der Waals surface area contributed by atoms with Crippen molar-refractivity contribution in [2.45, 2.75) is 26.3 Å². The fraction of sp³-hybridized carbons (Fsp3) is 0.364. The van der Waals surface area contributed by atoms with Crippen molar-refractivity contribution in [1.29, 1.82) is 0 Å². The molecule has 2 aromatic rings. The van der Waals surface area contributed by atoms with E-state index < -0.39 is 0 Å². The van der Waals surface area contributed by atoms with Crippen LogP contribution in [0.2, 0.25) is 0 Å². The zero-order valence-corrected chi connectivity index (χ0v) is 8.40. The van der Waals surface area contributed by atoms with E-state index >= 15 is 0 Å². The van der Waals surface area contributed by atoms with E-state index in [1.54, 1.807) is 6.20 Å². The van der Waals surface area contributed by atoms with E-state index in [1.165, 1.54) is 18.4 Å².